The molecular weight excluding hydrogens is 276 g/mol. The van der Waals surface area contributed by atoms with E-state index < -0.39 is 27.4 Å². The molecule has 0 radical (unpaired) electrons. The zero-order chi connectivity index (χ0) is 14.5. The maximum Gasteiger partial charge on any atom is 0.216 e. The van der Waals surface area contributed by atoms with Crippen molar-refractivity contribution < 1.29 is 22.3 Å². The number of hydrogen-bond acceptors (Lipinski definition) is 3. The summed E-state index contributed by atoms with van der Waals surface area (Å²) in [5.74, 6) is -2.17. The van der Waals surface area contributed by atoms with Gasteiger partial charge in [0.15, 0.2) is 0 Å². The van der Waals surface area contributed by atoms with Crippen molar-refractivity contribution in [2.75, 3.05) is 6.61 Å². The molecule has 0 fully saturated rings. The first-order valence-electron chi connectivity index (χ1n) is 5.89. The molecule has 0 amide bonds. The van der Waals surface area contributed by atoms with Crippen LogP contribution in [0.15, 0.2) is 18.2 Å². The van der Waals surface area contributed by atoms with Crippen LogP contribution in [0.3, 0.4) is 0 Å². The highest BCUT2D eigenvalue weighted by Crippen LogP contribution is 2.13. The molecule has 4 nitrogen and oxygen atoms in total. The summed E-state index contributed by atoms with van der Waals surface area (Å²) in [4.78, 5) is 0. The van der Waals surface area contributed by atoms with E-state index >= 15 is 0 Å². The molecule has 1 rings (SSSR count). The van der Waals surface area contributed by atoms with E-state index in [1.165, 1.54) is 0 Å². The van der Waals surface area contributed by atoms with Crippen LogP contribution >= 0.6 is 0 Å². The molecular formula is C12H17F2NO3S. The average Bonchev–Trinajstić information content (AvgIpc) is 2.29. The molecule has 1 aromatic rings. The number of benzene rings is 1. The van der Waals surface area contributed by atoms with Gasteiger partial charge in [0.2, 0.25) is 10.0 Å². The molecule has 19 heavy (non-hydrogen) atoms. The van der Waals surface area contributed by atoms with Crippen molar-refractivity contribution in [2.45, 2.75) is 31.6 Å². The van der Waals surface area contributed by atoms with E-state index in [1.54, 1.807) is 6.92 Å². The van der Waals surface area contributed by atoms with Gasteiger partial charge in [0, 0.05) is 24.3 Å². The van der Waals surface area contributed by atoms with E-state index in [2.05, 4.69) is 4.72 Å². The van der Waals surface area contributed by atoms with E-state index in [0.717, 1.165) is 12.1 Å². The second-order valence-electron chi connectivity index (χ2n) is 4.38. The summed E-state index contributed by atoms with van der Waals surface area (Å²) in [5, 5.41) is 8.65. The van der Waals surface area contributed by atoms with Crippen LogP contribution in [-0.4, -0.2) is 26.2 Å². The summed E-state index contributed by atoms with van der Waals surface area (Å²) in [6, 6.07) is 2.44. The highest BCUT2D eigenvalue weighted by molar-refractivity contribution is 7.88. The van der Waals surface area contributed by atoms with Crippen LogP contribution in [0, 0.1) is 11.6 Å². The van der Waals surface area contributed by atoms with Gasteiger partial charge in [0.1, 0.15) is 11.6 Å². The molecule has 0 aliphatic heterocycles. The molecule has 0 aromatic heterocycles. The minimum absolute atomic E-state index is 0.0152. The van der Waals surface area contributed by atoms with E-state index in [-0.39, 0.29) is 18.2 Å². The SMILES string of the molecule is CC(CCCO)NS(=O)(=O)Cc1ccc(F)cc1F. The Labute approximate surface area is 111 Å². The van der Waals surface area contributed by atoms with Gasteiger partial charge in [-0.2, -0.15) is 0 Å². The van der Waals surface area contributed by atoms with E-state index in [9.17, 15) is 17.2 Å². The molecule has 7 heteroatoms. The fourth-order valence-electron chi connectivity index (χ4n) is 1.65. The van der Waals surface area contributed by atoms with Gasteiger partial charge in [0.25, 0.3) is 0 Å². The van der Waals surface area contributed by atoms with Crippen molar-refractivity contribution in [2.24, 2.45) is 0 Å². The topological polar surface area (TPSA) is 66.4 Å². The quantitative estimate of drug-likeness (QED) is 0.801. The molecule has 2 N–H and O–H groups in total. The van der Waals surface area contributed by atoms with E-state index in [4.69, 9.17) is 5.11 Å². The zero-order valence-corrected chi connectivity index (χ0v) is 11.4. The number of sulfonamides is 1. The number of aliphatic hydroxyl groups is 1. The lowest BCUT2D eigenvalue weighted by atomic mass is 10.2. The van der Waals surface area contributed by atoms with Crippen LogP contribution in [-0.2, 0) is 15.8 Å². The Bertz CT molecular complexity index is 520. The summed E-state index contributed by atoms with van der Waals surface area (Å²) in [5.41, 5.74) is -0.0803. The normalized spacial score (nSPS) is 13.5. The van der Waals surface area contributed by atoms with Crippen LogP contribution in [0.4, 0.5) is 8.78 Å². The summed E-state index contributed by atoms with van der Waals surface area (Å²) >= 11 is 0. The number of halogens is 2. The van der Waals surface area contributed by atoms with E-state index in [1.807, 2.05) is 0 Å². The molecule has 1 aromatic carbocycles. The Morgan fingerprint density at radius 2 is 2.05 bits per heavy atom. The van der Waals surface area contributed by atoms with Gasteiger partial charge in [-0.1, -0.05) is 6.07 Å². The minimum atomic E-state index is -3.69. The average molecular weight is 293 g/mol. The summed E-state index contributed by atoms with van der Waals surface area (Å²) in [6.07, 6.45) is 0.968. The molecule has 0 spiro atoms. The first kappa shape index (κ1) is 16.0. The lowest BCUT2D eigenvalue weighted by molar-refractivity contribution is 0.279. The zero-order valence-electron chi connectivity index (χ0n) is 10.6. The van der Waals surface area contributed by atoms with Gasteiger partial charge >= 0.3 is 0 Å². The highest BCUT2D eigenvalue weighted by atomic mass is 32.2. The van der Waals surface area contributed by atoms with Crippen molar-refractivity contribution >= 4 is 10.0 Å². The van der Waals surface area contributed by atoms with Crippen molar-refractivity contribution in [3.05, 3.63) is 35.4 Å². The van der Waals surface area contributed by atoms with Crippen LogP contribution in [0.1, 0.15) is 25.3 Å². The molecule has 1 atom stereocenters. The Morgan fingerprint density at radius 1 is 1.37 bits per heavy atom. The lowest BCUT2D eigenvalue weighted by Gasteiger charge is -2.13. The van der Waals surface area contributed by atoms with Gasteiger partial charge < -0.3 is 5.11 Å². The summed E-state index contributed by atoms with van der Waals surface area (Å²) < 4.78 is 52.0. The van der Waals surface area contributed by atoms with E-state index in [0.29, 0.717) is 18.9 Å². The third-order valence-electron chi connectivity index (χ3n) is 2.54. The molecule has 0 saturated heterocycles. The second kappa shape index (κ2) is 6.93. The highest BCUT2D eigenvalue weighted by Gasteiger charge is 2.17. The smallest absolute Gasteiger partial charge is 0.216 e. The van der Waals surface area contributed by atoms with Crippen molar-refractivity contribution in [1.29, 1.82) is 0 Å². The fraction of sp³-hybridized carbons (Fsp3) is 0.500. The van der Waals surface area contributed by atoms with Gasteiger partial charge in [-0.15, -0.1) is 0 Å². The van der Waals surface area contributed by atoms with Crippen LogP contribution in [0.25, 0.3) is 0 Å². The Kier molecular flexibility index (Phi) is 5.84. The van der Waals surface area contributed by atoms with Crippen LogP contribution < -0.4 is 4.72 Å². The number of aliphatic hydroxyl groups excluding tert-OH is 1. The first-order valence-corrected chi connectivity index (χ1v) is 7.54. The predicted molar refractivity (Wildman–Crippen MR) is 67.9 cm³/mol. The number of rotatable bonds is 7. The van der Waals surface area contributed by atoms with Gasteiger partial charge in [0.05, 0.1) is 5.75 Å². The minimum Gasteiger partial charge on any atom is -0.396 e. The second-order valence-corrected chi connectivity index (χ2v) is 6.13. The molecule has 108 valence electrons. The third kappa shape index (κ3) is 5.63. The Morgan fingerprint density at radius 3 is 2.63 bits per heavy atom. The Hall–Kier alpha value is -1.05. The van der Waals surface area contributed by atoms with Gasteiger partial charge in [-0.3, -0.25) is 0 Å². The summed E-state index contributed by atoms with van der Waals surface area (Å²) in [6.45, 7) is 1.65. The Balaban J connectivity index is 2.68. The van der Waals surface area contributed by atoms with Gasteiger partial charge in [-0.05, 0) is 25.8 Å². The lowest BCUT2D eigenvalue weighted by Crippen LogP contribution is -2.33. The summed E-state index contributed by atoms with van der Waals surface area (Å²) in [7, 11) is -3.69. The standard InChI is InChI=1S/C12H17F2NO3S/c1-9(3-2-6-16)15-19(17,18)8-10-4-5-11(13)7-12(10)14/h4-5,7,9,15-16H,2-3,6,8H2,1H3. The third-order valence-corrected chi connectivity index (χ3v) is 3.99. The molecule has 0 heterocycles. The van der Waals surface area contributed by atoms with Crippen molar-refractivity contribution in [3.63, 3.8) is 0 Å². The number of hydrogen-bond donors (Lipinski definition) is 2. The van der Waals surface area contributed by atoms with Crippen LogP contribution in [0.5, 0.6) is 0 Å². The molecule has 1 unspecified atom stereocenters. The number of nitrogens with one attached hydrogen (secondary N) is 1. The van der Waals surface area contributed by atoms with Crippen molar-refractivity contribution in [1.82, 2.24) is 4.72 Å². The molecule has 0 aliphatic rings. The fourth-order valence-corrected chi connectivity index (χ4v) is 3.11. The van der Waals surface area contributed by atoms with Crippen LogP contribution in [0.2, 0.25) is 0 Å². The maximum atomic E-state index is 13.4. The van der Waals surface area contributed by atoms with Gasteiger partial charge in [-0.25, -0.2) is 21.9 Å². The molecule has 0 saturated carbocycles. The monoisotopic (exact) mass is 293 g/mol. The van der Waals surface area contributed by atoms with Crippen molar-refractivity contribution in [3.8, 4) is 0 Å². The first-order chi connectivity index (χ1) is 8.84. The maximum absolute atomic E-state index is 13.4. The predicted octanol–water partition coefficient (Wildman–Crippen LogP) is 1.55. The molecule has 0 aliphatic carbocycles. The largest absolute Gasteiger partial charge is 0.396 e. The molecule has 0 bridgehead atoms.